The summed E-state index contributed by atoms with van der Waals surface area (Å²) in [5.74, 6) is -0.959. The van der Waals surface area contributed by atoms with Gasteiger partial charge in [-0.1, -0.05) is 29.8 Å². The van der Waals surface area contributed by atoms with E-state index in [0.717, 1.165) is 12.8 Å². The molecule has 0 bridgehead atoms. The molecule has 0 atom stereocenters. The van der Waals surface area contributed by atoms with Gasteiger partial charge in [0.1, 0.15) is 5.82 Å². The Morgan fingerprint density at radius 3 is 2.60 bits per heavy atom. The summed E-state index contributed by atoms with van der Waals surface area (Å²) >= 11 is 3.23. The summed E-state index contributed by atoms with van der Waals surface area (Å²) in [4.78, 5) is 12.1. The van der Waals surface area contributed by atoms with Gasteiger partial charge in [0, 0.05) is 17.6 Å². The minimum atomic E-state index is -0.536. The highest BCUT2D eigenvalue weighted by Gasteiger charge is 2.26. The van der Waals surface area contributed by atoms with Gasteiger partial charge in [-0.2, -0.15) is 0 Å². The van der Waals surface area contributed by atoms with E-state index in [1.54, 1.807) is 6.07 Å². The van der Waals surface area contributed by atoms with E-state index in [0.29, 0.717) is 17.4 Å². The number of hydrogen-bond acceptors (Lipinski definition) is 2. The third kappa shape index (κ3) is 4.28. The fourth-order valence-electron chi connectivity index (χ4n) is 2.21. The van der Waals surface area contributed by atoms with Crippen molar-refractivity contribution in [2.24, 2.45) is 5.41 Å². The molecule has 0 aliphatic rings. The number of benzene rings is 1. The maximum absolute atomic E-state index is 13.6. The quantitative estimate of drug-likeness (QED) is 0.794. The lowest BCUT2D eigenvalue weighted by molar-refractivity contribution is 0.0903. The Balaban J connectivity index is 2.77. The van der Waals surface area contributed by atoms with Crippen molar-refractivity contribution in [2.75, 3.05) is 13.2 Å². The van der Waals surface area contributed by atoms with Gasteiger partial charge < -0.3 is 10.4 Å². The number of amides is 1. The SMILES string of the molecule is CCC(CC)(CCO)CNC(=O)c1cc(Br)ccc1F. The number of hydrogen-bond donors (Lipinski definition) is 2. The molecule has 1 aromatic carbocycles. The van der Waals surface area contributed by atoms with Crippen LogP contribution in [-0.4, -0.2) is 24.2 Å². The third-order valence-electron chi connectivity index (χ3n) is 3.94. The van der Waals surface area contributed by atoms with Gasteiger partial charge >= 0.3 is 0 Å². The van der Waals surface area contributed by atoms with Crippen LogP contribution in [0.4, 0.5) is 4.39 Å². The van der Waals surface area contributed by atoms with Gasteiger partial charge in [0.05, 0.1) is 5.56 Å². The van der Waals surface area contributed by atoms with Crippen LogP contribution >= 0.6 is 15.9 Å². The van der Waals surface area contributed by atoms with Crippen molar-refractivity contribution in [3.05, 3.63) is 34.1 Å². The molecule has 112 valence electrons. The van der Waals surface area contributed by atoms with E-state index in [9.17, 15) is 9.18 Å². The number of aliphatic hydroxyl groups is 1. The van der Waals surface area contributed by atoms with Gasteiger partial charge in [-0.25, -0.2) is 4.39 Å². The zero-order valence-electron chi connectivity index (χ0n) is 11.9. The molecule has 3 nitrogen and oxygen atoms in total. The summed E-state index contributed by atoms with van der Waals surface area (Å²) in [5, 5.41) is 11.9. The number of carbonyl (C=O) groups is 1. The summed E-state index contributed by atoms with van der Waals surface area (Å²) in [7, 11) is 0. The maximum Gasteiger partial charge on any atom is 0.254 e. The zero-order valence-corrected chi connectivity index (χ0v) is 13.5. The molecule has 0 aliphatic heterocycles. The average Bonchev–Trinajstić information content (AvgIpc) is 2.46. The molecule has 0 aliphatic carbocycles. The largest absolute Gasteiger partial charge is 0.396 e. The van der Waals surface area contributed by atoms with Gasteiger partial charge in [0.15, 0.2) is 0 Å². The average molecular weight is 346 g/mol. The van der Waals surface area contributed by atoms with E-state index in [-0.39, 0.29) is 17.6 Å². The molecule has 1 aromatic rings. The normalized spacial score (nSPS) is 11.4. The second-order valence-corrected chi connectivity index (χ2v) is 5.90. The Bertz CT molecular complexity index is 461. The Labute approximate surface area is 127 Å². The lowest BCUT2D eigenvalue weighted by Gasteiger charge is -2.31. The van der Waals surface area contributed by atoms with E-state index in [4.69, 9.17) is 5.11 Å². The Morgan fingerprint density at radius 1 is 1.40 bits per heavy atom. The summed E-state index contributed by atoms with van der Waals surface area (Å²) in [6.45, 7) is 4.59. The number of halogens is 2. The molecule has 0 aromatic heterocycles. The molecule has 1 amide bonds. The zero-order chi connectivity index (χ0) is 15.2. The molecule has 0 spiro atoms. The van der Waals surface area contributed by atoms with Gasteiger partial charge in [-0.3, -0.25) is 4.79 Å². The second-order valence-electron chi connectivity index (χ2n) is 4.99. The first kappa shape index (κ1) is 17.1. The molecule has 0 saturated heterocycles. The smallest absolute Gasteiger partial charge is 0.254 e. The number of aliphatic hydroxyl groups excluding tert-OH is 1. The summed E-state index contributed by atoms with van der Waals surface area (Å²) < 4.78 is 14.3. The highest BCUT2D eigenvalue weighted by atomic mass is 79.9. The molecule has 0 heterocycles. The molecular formula is C15H21BrFNO2. The minimum Gasteiger partial charge on any atom is -0.396 e. The predicted octanol–water partition coefficient (Wildman–Crippen LogP) is 3.51. The topological polar surface area (TPSA) is 49.3 Å². The lowest BCUT2D eigenvalue weighted by atomic mass is 9.79. The molecular weight excluding hydrogens is 325 g/mol. The van der Waals surface area contributed by atoms with Crippen molar-refractivity contribution in [3.8, 4) is 0 Å². The summed E-state index contributed by atoms with van der Waals surface area (Å²) in [6, 6.07) is 4.29. The highest BCUT2D eigenvalue weighted by molar-refractivity contribution is 9.10. The van der Waals surface area contributed by atoms with Gasteiger partial charge in [-0.15, -0.1) is 0 Å². The number of rotatable bonds is 7. The molecule has 0 fully saturated rings. The molecule has 0 saturated carbocycles. The molecule has 0 unspecified atom stereocenters. The summed E-state index contributed by atoms with van der Waals surface area (Å²) in [6.07, 6.45) is 2.33. The Kier molecular flexibility index (Phi) is 6.62. The van der Waals surface area contributed by atoms with E-state index >= 15 is 0 Å². The molecule has 20 heavy (non-hydrogen) atoms. The predicted molar refractivity (Wildman–Crippen MR) is 81.2 cm³/mol. The van der Waals surface area contributed by atoms with Crippen LogP contribution in [0.15, 0.2) is 22.7 Å². The van der Waals surface area contributed by atoms with Crippen molar-refractivity contribution in [3.63, 3.8) is 0 Å². The van der Waals surface area contributed by atoms with Crippen LogP contribution in [0.1, 0.15) is 43.5 Å². The van der Waals surface area contributed by atoms with Crippen molar-refractivity contribution in [1.29, 1.82) is 0 Å². The monoisotopic (exact) mass is 345 g/mol. The van der Waals surface area contributed by atoms with Crippen molar-refractivity contribution in [1.82, 2.24) is 5.32 Å². The Morgan fingerprint density at radius 2 is 2.05 bits per heavy atom. The molecule has 2 N–H and O–H groups in total. The lowest BCUT2D eigenvalue weighted by Crippen LogP contribution is -2.38. The van der Waals surface area contributed by atoms with Crippen LogP contribution in [0.25, 0.3) is 0 Å². The van der Waals surface area contributed by atoms with Crippen LogP contribution in [-0.2, 0) is 0 Å². The van der Waals surface area contributed by atoms with Crippen molar-refractivity contribution < 1.29 is 14.3 Å². The third-order valence-corrected chi connectivity index (χ3v) is 4.43. The first-order valence-electron chi connectivity index (χ1n) is 6.82. The van der Waals surface area contributed by atoms with Crippen LogP contribution in [0.5, 0.6) is 0 Å². The van der Waals surface area contributed by atoms with E-state index in [1.807, 2.05) is 13.8 Å². The molecule has 5 heteroatoms. The van der Waals surface area contributed by atoms with Gasteiger partial charge in [-0.05, 0) is 42.9 Å². The Hall–Kier alpha value is -0.940. The second kappa shape index (κ2) is 7.74. The fraction of sp³-hybridized carbons (Fsp3) is 0.533. The fourth-order valence-corrected chi connectivity index (χ4v) is 2.57. The van der Waals surface area contributed by atoms with E-state index in [1.165, 1.54) is 12.1 Å². The molecule has 1 rings (SSSR count). The summed E-state index contributed by atoms with van der Waals surface area (Å²) in [5.41, 5.74) is -0.100. The van der Waals surface area contributed by atoms with Crippen LogP contribution in [0.3, 0.4) is 0 Å². The van der Waals surface area contributed by atoms with E-state index in [2.05, 4.69) is 21.2 Å². The molecule has 0 radical (unpaired) electrons. The van der Waals surface area contributed by atoms with Crippen LogP contribution in [0, 0.1) is 11.2 Å². The van der Waals surface area contributed by atoms with Crippen molar-refractivity contribution in [2.45, 2.75) is 33.1 Å². The highest BCUT2D eigenvalue weighted by Crippen LogP contribution is 2.29. The minimum absolute atomic E-state index is 0.0319. The van der Waals surface area contributed by atoms with Gasteiger partial charge in [0.25, 0.3) is 5.91 Å². The maximum atomic E-state index is 13.6. The number of nitrogens with one attached hydrogen (secondary N) is 1. The first-order chi connectivity index (χ1) is 9.48. The van der Waals surface area contributed by atoms with Crippen molar-refractivity contribution >= 4 is 21.8 Å². The van der Waals surface area contributed by atoms with Crippen LogP contribution < -0.4 is 5.32 Å². The van der Waals surface area contributed by atoms with Crippen LogP contribution in [0.2, 0.25) is 0 Å². The van der Waals surface area contributed by atoms with E-state index < -0.39 is 11.7 Å². The first-order valence-corrected chi connectivity index (χ1v) is 7.61. The van der Waals surface area contributed by atoms with Gasteiger partial charge in [0.2, 0.25) is 0 Å². The standard InChI is InChI=1S/C15H21BrFNO2/c1-3-15(4-2,7-8-19)10-18-14(20)12-9-11(16)5-6-13(12)17/h5-6,9,19H,3-4,7-8,10H2,1-2H3,(H,18,20). The number of carbonyl (C=O) groups excluding carboxylic acids is 1.